The Bertz CT molecular complexity index is 5080. The van der Waals surface area contributed by atoms with Crippen LogP contribution in [0.4, 0.5) is 17.5 Å². The van der Waals surface area contributed by atoms with Gasteiger partial charge in [-0.3, -0.25) is 27.6 Å². The lowest BCUT2D eigenvalue weighted by atomic mass is 9.95. The Morgan fingerprint density at radius 1 is 0.495 bits per heavy atom. The van der Waals surface area contributed by atoms with Crippen LogP contribution >= 0.6 is 22.7 Å². The molecule has 3 fully saturated rings. The number of para-hydroxylation sites is 3. The van der Waals surface area contributed by atoms with Crippen molar-refractivity contribution in [2.75, 3.05) is 56.5 Å². The number of thiazole rings is 1. The Labute approximate surface area is 562 Å². The number of hydrogen-bond acceptors (Lipinski definition) is 16. The van der Waals surface area contributed by atoms with Crippen LogP contribution in [-0.4, -0.2) is 135 Å². The molecule has 3 aliphatic heterocycles. The molecule has 25 heteroatoms. The van der Waals surface area contributed by atoms with Crippen LogP contribution in [0, 0.1) is 6.92 Å². The summed E-state index contributed by atoms with van der Waals surface area (Å²) in [7, 11) is 0. The minimum Gasteiger partial charge on any atom is -0.472 e. The van der Waals surface area contributed by atoms with Gasteiger partial charge in [-0.15, -0.1) is 22.7 Å². The largest absolute Gasteiger partial charge is 0.472 e. The molecule has 9 N–H and O–H groups in total. The first-order valence-corrected chi connectivity index (χ1v) is 34.2. The maximum Gasteiger partial charge on any atom is 0.273 e. The van der Waals surface area contributed by atoms with Gasteiger partial charge in [0, 0.05) is 132 Å². The maximum absolute atomic E-state index is 12.9. The van der Waals surface area contributed by atoms with Crippen LogP contribution in [-0.2, 0) is 0 Å². The van der Waals surface area contributed by atoms with Crippen molar-refractivity contribution >= 4 is 107 Å². The number of anilines is 3. The molecule has 12 aromatic heterocycles. The Kier molecular flexibility index (Phi) is 15.8. The van der Waals surface area contributed by atoms with Crippen LogP contribution < -0.4 is 17.2 Å². The van der Waals surface area contributed by atoms with E-state index in [-0.39, 0.29) is 35.5 Å². The number of nitrogens with zero attached hydrogens (tertiary/aromatic N) is 13. The first-order valence-electron chi connectivity index (χ1n) is 32.4. The van der Waals surface area contributed by atoms with Gasteiger partial charge in [-0.05, 0) is 105 Å². The van der Waals surface area contributed by atoms with E-state index in [1.807, 2.05) is 94.1 Å². The standard InChI is InChI=1S/C25H24N6OS.C24H22N6O2.C23H21N7OS/c1-15-12-20(33-14-15)25(32)30-9-6-16(7-10-30)24-29-21(22-23(26)27-8-11-31(22)24)19-13-17-4-2-3-5-18(17)28-19;25-22-21-20(19-13-16-3-1-2-4-18(16)27-19)28-23(30(21)11-8-26-22)15-5-9-29(10-6-15)24(31)17-7-12-32-14-17;24-21-20-19(17-11-15-3-1-2-4-16(15)27-17)28-22(30(20)10-7-25-21)14-5-8-29(9-6-14)23(31)18-12-32-13-26-18/h2-5,8,11-14,16,28H,6-7,9-10H2,1H3,(H2,26,27);1-4,7-8,11-15,27H,5-6,9-10H2,(H2,25,26);1-4,7,10-14,27H,5-6,8-9H2,(H2,24,25). The Morgan fingerprint density at radius 3 is 1.26 bits per heavy atom. The van der Waals surface area contributed by atoms with Crippen LogP contribution in [0.5, 0.6) is 0 Å². The third-order valence-electron chi connectivity index (χ3n) is 19.0. The van der Waals surface area contributed by atoms with Crippen LogP contribution in [0.1, 0.15) is 110 Å². The van der Waals surface area contributed by atoms with Crippen molar-refractivity contribution in [2.45, 2.75) is 63.2 Å². The first kappa shape index (κ1) is 60.5. The van der Waals surface area contributed by atoms with Crippen LogP contribution in [0.15, 0.2) is 174 Å². The molecular weight excluding hydrogens is 1260 g/mol. The van der Waals surface area contributed by atoms with E-state index in [0.29, 0.717) is 54.9 Å². The van der Waals surface area contributed by atoms with E-state index in [9.17, 15) is 14.4 Å². The molecule has 0 spiro atoms. The monoisotopic (exact) mass is 1330 g/mol. The molecule has 97 heavy (non-hydrogen) atoms. The summed E-state index contributed by atoms with van der Waals surface area (Å²) >= 11 is 2.96. The number of thiophene rings is 1. The van der Waals surface area contributed by atoms with Gasteiger partial charge in [0.15, 0.2) is 0 Å². The Morgan fingerprint density at radius 2 is 0.897 bits per heavy atom. The second-order valence-corrected chi connectivity index (χ2v) is 26.6. The second-order valence-electron chi connectivity index (χ2n) is 24.9. The molecule has 0 bridgehead atoms. The first-order chi connectivity index (χ1) is 47.5. The molecule has 15 heterocycles. The predicted octanol–water partition coefficient (Wildman–Crippen LogP) is 12.9. The third kappa shape index (κ3) is 11.4. The third-order valence-corrected chi connectivity index (χ3v) is 20.6. The van der Waals surface area contributed by atoms with Gasteiger partial charge in [-0.2, -0.15) is 0 Å². The molecule has 3 saturated heterocycles. The zero-order valence-electron chi connectivity index (χ0n) is 52.9. The van der Waals surface area contributed by atoms with Gasteiger partial charge in [-0.25, -0.2) is 34.9 Å². The van der Waals surface area contributed by atoms with Crippen molar-refractivity contribution in [1.82, 2.24) is 77.7 Å². The Balaban J connectivity index is 0.000000114. The summed E-state index contributed by atoms with van der Waals surface area (Å²) in [5.74, 6) is 5.10. The summed E-state index contributed by atoms with van der Waals surface area (Å²) in [5, 5.41) is 7.22. The summed E-state index contributed by atoms with van der Waals surface area (Å²) in [6.45, 7) is 6.16. The molecule has 3 aliphatic rings. The second kappa shape index (κ2) is 25.4. The molecule has 486 valence electrons. The zero-order valence-corrected chi connectivity index (χ0v) is 54.5. The Hall–Kier alpha value is -11.4. The van der Waals surface area contributed by atoms with E-state index in [2.05, 4.69) is 96.6 Å². The number of piperidine rings is 3. The molecule has 0 aliphatic carbocycles. The number of aromatic amines is 3. The number of aryl methyl sites for hydroxylation is 1. The number of carbonyl (C=O) groups excluding carboxylic acids is 3. The number of nitrogen functional groups attached to an aromatic ring is 3. The lowest BCUT2D eigenvalue weighted by Gasteiger charge is -2.31. The molecule has 0 unspecified atom stereocenters. The van der Waals surface area contributed by atoms with Gasteiger partial charge in [0.25, 0.3) is 17.7 Å². The molecule has 3 amide bonds. The predicted molar refractivity (Wildman–Crippen MR) is 378 cm³/mol. The normalized spacial score (nSPS) is 15.0. The summed E-state index contributed by atoms with van der Waals surface area (Å²) < 4.78 is 11.3. The molecule has 23 nitrogen and oxygen atoms in total. The average Bonchev–Trinajstić information content (AvgIpc) is 1.62. The quantitative estimate of drug-likeness (QED) is 0.0783. The fourth-order valence-corrected chi connectivity index (χ4v) is 15.5. The number of aromatic nitrogens is 13. The van der Waals surface area contributed by atoms with Crippen molar-refractivity contribution in [3.63, 3.8) is 0 Å². The molecule has 0 atom stereocenters. The van der Waals surface area contributed by atoms with Crippen LogP contribution in [0.2, 0.25) is 0 Å². The minimum atomic E-state index is 0.00452. The molecule has 3 aromatic carbocycles. The number of rotatable bonds is 9. The smallest absolute Gasteiger partial charge is 0.273 e. The number of hydrogen-bond donors (Lipinski definition) is 6. The number of amides is 3. The maximum atomic E-state index is 12.9. The number of nitrogens with one attached hydrogen (secondary N) is 3. The highest BCUT2D eigenvalue weighted by molar-refractivity contribution is 7.12. The molecule has 18 rings (SSSR count). The summed E-state index contributed by atoms with van der Waals surface area (Å²) in [4.78, 5) is 87.4. The van der Waals surface area contributed by atoms with Crippen molar-refractivity contribution in [2.24, 2.45) is 0 Å². The fraction of sp³-hybridized carbons (Fsp3) is 0.222. The summed E-state index contributed by atoms with van der Waals surface area (Å²) in [5.41, 5.74) is 33.7. The summed E-state index contributed by atoms with van der Waals surface area (Å²) in [6.07, 6.45) is 19.0. The van der Waals surface area contributed by atoms with E-state index >= 15 is 0 Å². The molecular formula is C72H67N19O4S2. The van der Waals surface area contributed by atoms with Gasteiger partial charge in [0.1, 0.15) is 80.5 Å². The molecule has 15 aromatic rings. The van der Waals surface area contributed by atoms with E-state index in [0.717, 1.165) is 163 Å². The topological polar surface area (TPSA) is 303 Å². The van der Waals surface area contributed by atoms with Crippen LogP contribution in [0.3, 0.4) is 0 Å². The number of fused-ring (bicyclic) bond motifs is 6. The highest BCUT2D eigenvalue weighted by Gasteiger charge is 2.33. The summed E-state index contributed by atoms with van der Waals surface area (Å²) in [6, 6.07) is 34.5. The fourth-order valence-electron chi connectivity index (χ4n) is 14.1. The highest BCUT2D eigenvalue weighted by atomic mass is 32.1. The lowest BCUT2D eigenvalue weighted by molar-refractivity contribution is 0.0700. The van der Waals surface area contributed by atoms with Crippen LogP contribution in [0.25, 0.3) is 83.4 Å². The van der Waals surface area contributed by atoms with Gasteiger partial charge < -0.3 is 51.3 Å². The number of imidazole rings is 3. The van der Waals surface area contributed by atoms with E-state index in [1.165, 1.54) is 35.2 Å². The number of furan rings is 1. The van der Waals surface area contributed by atoms with E-state index in [4.69, 9.17) is 36.6 Å². The lowest BCUT2D eigenvalue weighted by Crippen LogP contribution is -2.38. The molecule has 0 radical (unpaired) electrons. The molecule has 0 saturated carbocycles. The van der Waals surface area contributed by atoms with E-state index < -0.39 is 0 Å². The zero-order chi connectivity index (χ0) is 65.8. The number of likely N-dealkylation sites (tertiary alicyclic amines) is 3. The van der Waals surface area contributed by atoms with Crippen molar-refractivity contribution < 1.29 is 18.8 Å². The van der Waals surface area contributed by atoms with Crippen molar-refractivity contribution in [1.29, 1.82) is 0 Å². The van der Waals surface area contributed by atoms with Gasteiger partial charge >= 0.3 is 0 Å². The number of nitrogens with two attached hydrogens (primary N) is 3. The van der Waals surface area contributed by atoms with Crippen molar-refractivity contribution in [3.8, 4) is 34.2 Å². The van der Waals surface area contributed by atoms with E-state index in [1.54, 1.807) is 35.5 Å². The minimum absolute atomic E-state index is 0.00452. The van der Waals surface area contributed by atoms with Gasteiger partial charge in [0.2, 0.25) is 0 Å². The van der Waals surface area contributed by atoms with Gasteiger partial charge in [-0.1, -0.05) is 54.6 Å². The van der Waals surface area contributed by atoms with Gasteiger partial charge in [0.05, 0.1) is 39.3 Å². The number of benzene rings is 3. The average molecular weight is 1330 g/mol. The van der Waals surface area contributed by atoms with Crippen molar-refractivity contribution in [3.05, 3.63) is 208 Å². The number of carbonyl (C=O) groups is 3. The highest BCUT2D eigenvalue weighted by Crippen LogP contribution is 2.40. The SMILES string of the molecule is Cc1csc(C(=O)N2CCC(c3nc(-c4cc5ccccc5[nH]4)c4c(N)nccn34)CC2)c1.Nc1nccn2c(C3CCN(C(=O)c4ccoc4)CC3)nc(-c3cc4ccccc4[nH]3)c12.Nc1nccn2c(C3CCN(C(=O)c4cscn4)CC3)nc(-c3cc4ccccc4[nH]3)c12. The number of H-pyrrole nitrogens is 3.